The minimum Gasteiger partial charge on any atom is -0.467 e. The Morgan fingerprint density at radius 2 is 1.73 bits per heavy atom. The lowest BCUT2D eigenvalue weighted by Crippen LogP contribution is -2.57. The van der Waals surface area contributed by atoms with Crippen molar-refractivity contribution in [1.29, 1.82) is 0 Å². The van der Waals surface area contributed by atoms with Gasteiger partial charge in [0, 0.05) is 11.7 Å². The summed E-state index contributed by atoms with van der Waals surface area (Å²) in [4.78, 5) is 61.9. The summed E-state index contributed by atoms with van der Waals surface area (Å²) in [5, 5.41) is 3.09. The van der Waals surface area contributed by atoms with Crippen molar-refractivity contribution in [2.24, 2.45) is 4.99 Å². The van der Waals surface area contributed by atoms with Gasteiger partial charge < -0.3 is 24.4 Å². The summed E-state index contributed by atoms with van der Waals surface area (Å²) in [6.07, 6.45) is 4.83. The second-order valence-corrected chi connectivity index (χ2v) is 10.5. The van der Waals surface area contributed by atoms with E-state index in [2.05, 4.69) is 17.2 Å². The second-order valence-electron chi connectivity index (χ2n) is 10.5. The molecule has 1 aliphatic carbocycles. The number of para-hydroxylation sites is 1. The van der Waals surface area contributed by atoms with Gasteiger partial charge in [-0.25, -0.2) is 24.2 Å². The molecule has 5 rings (SSSR count). The number of aliphatic imine (C=N–C) groups is 1. The van der Waals surface area contributed by atoms with E-state index < -0.39 is 41.4 Å². The Balaban J connectivity index is 1.78. The van der Waals surface area contributed by atoms with Crippen molar-refractivity contribution >= 4 is 35.5 Å². The molecule has 3 aliphatic heterocycles. The fraction of sp³-hybridized carbons (Fsp3) is 0.500. The largest absolute Gasteiger partial charge is 0.467 e. The fourth-order valence-electron chi connectivity index (χ4n) is 6.78. The number of methoxy groups -OCH3 is 3. The lowest BCUT2D eigenvalue weighted by atomic mass is 9.69. The first-order valence-corrected chi connectivity index (χ1v) is 13.8. The summed E-state index contributed by atoms with van der Waals surface area (Å²) in [6, 6.07) is 5.01. The molecule has 4 aliphatic rings. The van der Waals surface area contributed by atoms with Crippen LogP contribution in [0.1, 0.15) is 51.0 Å². The number of benzene rings is 1. The van der Waals surface area contributed by atoms with Gasteiger partial charge in [-0.1, -0.05) is 43.4 Å². The first-order chi connectivity index (χ1) is 19.8. The van der Waals surface area contributed by atoms with E-state index in [1.54, 1.807) is 6.92 Å². The standard InChI is InChI=1S/C30H34N4O7/c1-5-6-16-33-20-15-11-10-14-19(20)30-17-21(25(35)39-2)34(29(38)31-18-12-8-7-9-13-18)28(30)32-23(27(37)41-4)22(24(30)33)26(36)40-3/h10-11,14-15,18,21,24H,7-9,12-13,16-17H2,1-4H3,(H,31,38)/t21?,24?,30-/m0/s1. The molecule has 11 heteroatoms. The van der Waals surface area contributed by atoms with Crippen LogP contribution in [0.15, 0.2) is 40.5 Å². The van der Waals surface area contributed by atoms with Gasteiger partial charge in [-0.05, 0) is 37.8 Å². The van der Waals surface area contributed by atoms with Crippen molar-refractivity contribution in [1.82, 2.24) is 10.2 Å². The van der Waals surface area contributed by atoms with Crippen molar-refractivity contribution in [2.45, 2.75) is 69.0 Å². The number of fused-ring (bicyclic) bond motifs is 1. The molecule has 11 nitrogen and oxygen atoms in total. The first kappa shape index (κ1) is 28.2. The van der Waals surface area contributed by atoms with Crippen LogP contribution in [0.2, 0.25) is 0 Å². The van der Waals surface area contributed by atoms with Gasteiger partial charge in [0.05, 0.1) is 44.9 Å². The molecule has 1 aromatic rings. The van der Waals surface area contributed by atoms with Gasteiger partial charge in [0.2, 0.25) is 0 Å². The Hall–Kier alpha value is -4.33. The number of carbonyl (C=O) groups excluding carboxylic acids is 4. The van der Waals surface area contributed by atoms with Gasteiger partial charge in [-0.3, -0.25) is 4.90 Å². The van der Waals surface area contributed by atoms with E-state index in [9.17, 15) is 19.2 Å². The van der Waals surface area contributed by atoms with Crippen LogP contribution in [-0.2, 0) is 34.0 Å². The van der Waals surface area contributed by atoms with Crippen LogP contribution in [0.25, 0.3) is 0 Å². The van der Waals surface area contributed by atoms with Crippen LogP contribution >= 0.6 is 0 Å². The maximum Gasteiger partial charge on any atom is 0.357 e. The number of hydrogen-bond acceptors (Lipinski definition) is 9. The van der Waals surface area contributed by atoms with E-state index in [1.807, 2.05) is 29.2 Å². The van der Waals surface area contributed by atoms with Crippen LogP contribution < -0.4 is 10.2 Å². The number of amides is 2. The van der Waals surface area contributed by atoms with E-state index in [-0.39, 0.29) is 36.1 Å². The SMILES string of the molecule is CC#CCN1c2ccccc2[C@]23CC(C(=O)OC)N(C(=O)NC4CCCCC4)C2=NC(C(=O)OC)=C(C(=O)OC)C13. The normalized spacial score (nSPS) is 24.7. The van der Waals surface area contributed by atoms with Crippen LogP contribution in [0.3, 0.4) is 0 Å². The van der Waals surface area contributed by atoms with Crippen LogP contribution in [0.4, 0.5) is 10.5 Å². The summed E-state index contributed by atoms with van der Waals surface area (Å²) in [6.45, 7) is 1.92. The van der Waals surface area contributed by atoms with Gasteiger partial charge in [-0.15, -0.1) is 5.92 Å². The molecule has 3 atom stereocenters. The van der Waals surface area contributed by atoms with Gasteiger partial charge in [-0.2, -0.15) is 0 Å². The first-order valence-electron chi connectivity index (χ1n) is 13.8. The van der Waals surface area contributed by atoms with Crippen molar-refractivity contribution in [3.63, 3.8) is 0 Å². The highest BCUT2D eigenvalue weighted by atomic mass is 16.5. The molecule has 41 heavy (non-hydrogen) atoms. The summed E-state index contributed by atoms with van der Waals surface area (Å²) in [5.74, 6) is 3.89. The molecule has 1 N–H and O–H groups in total. The molecule has 1 aromatic carbocycles. The zero-order valence-corrected chi connectivity index (χ0v) is 23.7. The lowest BCUT2D eigenvalue weighted by Gasteiger charge is -2.40. The molecular formula is C30H34N4O7. The molecule has 2 amide bonds. The Bertz CT molecular complexity index is 1400. The van der Waals surface area contributed by atoms with E-state index in [1.165, 1.54) is 26.2 Å². The minimum atomic E-state index is -1.17. The number of esters is 3. The van der Waals surface area contributed by atoms with E-state index in [4.69, 9.17) is 19.2 Å². The molecule has 2 unspecified atom stereocenters. The third-order valence-corrected chi connectivity index (χ3v) is 8.51. The third-order valence-electron chi connectivity index (χ3n) is 8.51. The highest BCUT2D eigenvalue weighted by Gasteiger charge is 2.68. The number of likely N-dealkylation sites (tertiary alicyclic amines) is 1. The van der Waals surface area contributed by atoms with E-state index in [0.29, 0.717) is 0 Å². The Labute approximate surface area is 238 Å². The van der Waals surface area contributed by atoms with Gasteiger partial charge >= 0.3 is 23.9 Å². The summed E-state index contributed by atoms with van der Waals surface area (Å²) < 4.78 is 15.4. The number of carbonyl (C=O) groups is 4. The number of rotatable bonds is 5. The number of hydrogen-bond donors (Lipinski definition) is 1. The van der Waals surface area contributed by atoms with Crippen molar-refractivity contribution in [2.75, 3.05) is 32.8 Å². The van der Waals surface area contributed by atoms with Crippen molar-refractivity contribution in [3.8, 4) is 11.8 Å². The van der Waals surface area contributed by atoms with Crippen molar-refractivity contribution < 1.29 is 33.4 Å². The molecule has 1 saturated carbocycles. The molecule has 1 spiro atoms. The molecule has 216 valence electrons. The number of anilines is 1. The maximum atomic E-state index is 14.0. The summed E-state index contributed by atoms with van der Waals surface area (Å²) in [7, 11) is 3.68. The molecular weight excluding hydrogens is 528 g/mol. The minimum absolute atomic E-state index is 0.0182. The number of amidine groups is 1. The van der Waals surface area contributed by atoms with E-state index >= 15 is 0 Å². The molecule has 0 aromatic heterocycles. The quantitative estimate of drug-likeness (QED) is 0.330. The van der Waals surface area contributed by atoms with Gasteiger partial charge in [0.25, 0.3) is 0 Å². The molecule has 0 radical (unpaired) electrons. The Kier molecular flexibility index (Phi) is 7.76. The Morgan fingerprint density at radius 3 is 2.39 bits per heavy atom. The fourth-order valence-corrected chi connectivity index (χ4v) is 6.78. The Morgan fingerprint density at radius 1 is 1.02 bits per heavy atom. The summed E-state index contributed by atoms with van der Waals surface area (Å²) in [5.41, 5.74) is 0.0385. The predicted octanol–water partition coefficient (Wildman–Crippen LogP) is 2.44. The summed E-state index contributed by atoms with van der Waals surface area (Å²) >= 11 is 0. The van der Waals surface area contributed by atoms with Crippen molar-refractivity contribution in [3.05, 3.63) is 41.1 Å². The van der Waals surface area contributed by atoms with Crippen LogP contribution in [-0.4, -0.2) is 80.7 Å². The average molecular weight is 563 g/mol. The zero-order chi connectivity index (χ0) is 29.3. The van der Waals surface area contributed by atoms with Gasteiger partial charge in [0.1, 0.15) is 11.9 Å². The highest BCUT2D eigenvalue weighted by molar-refractivity contribution is 6.17. The number of urea groups is 1. The van der Waals surface area contributed by atoms with Gasteiger partial charge in [0.15, 0.2) is 5.70 Å². The smallest absolute Gasteiger partial charge is 0.357 e. The van der Waals surface area contributed by atoms with E-state index in [0.717, 1.165) is 43.4 Å². The topological polar surface area (TPSA) is 127 Å². The van der Waals surface area contributed by atoms with Crippen LogP contribution in [0.5, 0.6) is 0 Å². The maximum absolute atomic E-state index is 14.0. The number of nitrogens with one attached hydrogen (secondary N) is 1. The lowest BCUT2D eigenvalue weighted by molar-refractivity contribution is -0.144. The average Bonchev–Trinajstić information content (AvgIpc) is 3.50. The molecule has 0 bridgehead atoms. The molecule has 2 fully saturated rings. The van der Waals surface area contributed by atoms with Crippen LogP contribution in [0, 0.1) is 11.8 Å². The molecule has 3 heterocycles. The zero-order valence-electron chi connectivity index (χ0n) is 23.7. The monoisotopic (exact) mass is 562 g/mol. The second kappa shape index (κ2) is 11.3. The number of nitrogens with zero attached hydrogens (tertiary/aromatic N) is 3. The highest BCUT2D eigenvalue weighted by Crippen LogP contribution is 2.57. The third kappa shape index (κ3) is 4.42. The molecule has 1 saturated heterocycles. The number of ether oxygens (including phenoxy) is 3. The predicted molar refractivity (Wildman–Crippen MR) is 149 cm³/mol.